The Labute approximate surface area is 200 Å². The molecule has 0 atom stereocenters. The summed E-state index contributed by atoms with van der Waals surface area (Å²) in [5.74, 6) is -13.0. The highest BCUT2D eigenvalue weighted by molar-refractivity contribution is 5.77. The molecule has 1 fully saturated rings. The summed E-state index contributed by atoms with van der Waals surface area (Å²) in [4.78, 5) is 0. The second-order valence-electron chi connectivity index (χ2n) is 9.16. The average Bonchev–Trinajstić information content (AvgIpc) is 2.82. The Morgan fingerprint density at radius 2 is 1.51 bits per heavy atom. The maximum absolute atomic E-state index is 15.3. The molecule has 8 heteroatoms. The van der Waals surface area contributed by atoms with Gasteiger partial charge in [0.2, 0.25) is 0 Å². The standard InChI is InChI=1S/C27H28F6O2/c1-3-5-6-16-7-10-18(11-8-16)35-15-17-9-12-19-20-13-14-21(34-4-2)25(29)23(20)27(32,33)26(30,31)22(19)24(17)28/h3,9,12-14,16,18H,1,4-8,10-11,15H2,2H3. The minimum atomic E-state index is -4.98. The van der Waals surface area contributed by atoms with Crippen molar-refractivity contribution in [1.29, 1.82) is 0 Å². The first-order valence-electron chi connectivity index (χ1n) is 11.9. The molecule has 0 aliphatic heterocycles. The molecule has 0 aromatic heterocycles. The van der Waals surface area contributed by atoms with Crippen molar-refractivity contribution in [2.24, 2.45) is 5.92 Å². The molecule has 2 aromatic carbocycles. The van der Waals surface area contributed by atoms with Gasteiger partial charge in [0.1, 0.15) is 5.82 Å². The van der Waals surface area contributed by atoms with Gasteiger partial charge in [-0.25, -0.2) is 8.78 Å². The number of fused-ring (bicyclic) bond motifs is 3. The minimum Gasteiger partial charge on any atom is -0.491 e. The van der Waals surface area contributed by atoms with E-state index in [0.717, 1.165) is 56.7 Å². The predicted octanol–water partition coefficient (Wildman–Crippen LogP) is 8.27. The van der Waals surface area contributed by atoms with Gasteiger partial charge < -0.3 is 9.47 Å². The molecule has 2 nitrogen and oxygen atoms in total. The van der Waals surface area contributed by atoms with Gasteiger partial charge in [0, 0.05) is 5.56 Å². The molecule has 0 N–H and O–H groups in total. The van der Waals surface area contributed by atoms with Crippen LogP contribution in [0.1, 0.15) is 62.1 Å². The summed E-state index contributed by atoms with van der Waals surface area (Å²) in [6.07, 6.45) is 7.13. The SMILES string of the molecule is C=CCCC1CCC(OCc2ccc3c(c2F)C(F)(F)C(F)(F)c2c-3ccc(OCC)c2F)CC1. The molecule has 0 spiro atoms. The number of hydrogen-bond donors (Lipinski definition) is 0. The van der Waals surface area contributed by atoms with Gasteiger partial charge in [0.05, 0.1) is 30.4 Å². The van der Waals surface area contributed by atoms with E-state index in [1.165, 1.54) is 13.0 Å². The molecule has 0 radical (unpaired) electrons. The van der Waals surface area contributed by atoms with Gasteiger partial charge in [0.25, 0.3) is 0 Å². The summed E-state index contributed by atoms with van der Waals surface area (Å²) in [5.41, 5.74) is -4.11. The Morgan fingerprint density at radius 1 is 0.914 bits per heavy atom. The maximum Gasteiger partial charge on any atom is 0.343 e. The Hall–Kier alpha value is -2.48. The summed E-state index contributed by atoms with van der Waals surface area (Å²) in [6, 6.07) is 4.51. The Balaban J connectivity index is 1.62. The number of ether oxygens (including phenoxy) is 2. The van der Waals surface area contributed by atoms with Crippen LogP contribution in [-0.2, 0) is 23.2 Å². The van der Waals surface area contributed by atoms with E-state index in [9.17, 15) is 13.2 Å². The molecular weight excluding hydrogens is 470 g/mol. The number of alkyl halides is 4. The van der Waals surface area contributed by atoms with Crippen LogP contribution in [0.4, 0.5) is 26.3 Å². The number of rotatable bonds is 8. The van der Waals surface area contributed by atoms with Crippen molar-refractivity contribution in [3.05, 3.63) is 65.2 Å². The van der Waals surface area contributed by atoms with Crippen molar-refractivity contribution in [2.75, 3.05) is 6.61 Å². The van der Waals surface area contributed by atoms with Crippen LogP contribution in [0.5, 0.6) is 5.75 Å². The lowest BCUT2D eigenvalue weighted by Gasteiger charge is -2.36. The zero-order chi connectivity index (χ0) is 25.4. The molecule has 0 unspecified atom stereocenters. The average molecular weight is 499 g/mol. The van der Waals surface area contributed by atoms with Gasteiger partial charge in [-0.2, -0.15) is 17.6 Å². The molecule has 0 heterocycles. The second-order valence-corrected chi connectivity index (χ2v) is 9.16. The van der Waals surface area contributed by atoms with E-state index in [0.29, 0.717) is 5.92 Å². The molecule has 0 bridgehead atoms. The third-order valence-corrected chi connectivity index (χ3v) is 6.99. The zero-order valence-corrected chi connectivity index (χ0v) is 19.5. The van der Waals surface area contributed by atoms with Gasteiger partial charge in [-0.15, -0.1) is 6.58 Å². The van der Waals surface area contributed by atoms with Crippen LogP contribution >= 0.6 is 0 Å². The quantitative estimate of drug-likeness (QED) is 0.269. The Morgan fingerprint density at radius 3 is 2.11 bits per heavy atom. The monoisotopic (exact) mass is 498 g/mol. The van der Waals surface area contributed by atoms with E-state index in [-0.39, 0.29) is 24.9 Å². The fraction of sp³-hybridized carbons (Fsp3) is 0.481. The summed E-state index contributed by atoms with van der Waals surface area (Å²) >= 11 is 0. The first-order valence-corrected chi connectivity index (χ1v) is 11.9. The molecule has 2 aromatic rings. The van der Waals surface area contributed by atoms with Crippen molar-refractivity contribution in [3.63, 3.8) is 0 Å². The molecule has 0 saturated heterocycles. The van der Waals surface area contributed by atoms with E-state index in [1.54, 1.807) is 0 Å². The first kappa shape index (κ1) is 25.6. The molecule has 2 aliphatic rings. The molecule has 4 rings (SSSR count). The largest absolute Gasteiger partial charge is 0.491 e. The van der Waals surface area contributed by atoms with Crippen molar-refractivity contribution in [1.82, 2.24) is 0 Å². The van der Waals surface area contributed by atoms with E-state index >= 15 is 13.2 Å². The van der Waals surface area contributed by atoms with Crippen LogP contribution in [0.3, 0.4) is 0 Å². The van der Waals surface area contributed by atoms with Gasteiger partial charge in [0.15, 0.2) is 11.6 Å². The number of allylic oxidation sites excluding steroid dienone is 1. The van der Waals surface area contributed by atoms with Crippen LogP contribution in [0, 0.1) is 17.6 Å². The fourth-order valence-corrected chi connectivity index (χ4v) is 5.08. The van der Waals surface area contributed by atoms with Gasteiger partial charge in [-0.05, 0) is 74.6 Å². The predicted molar refractivity (Wildman–Crippen MR) is 121 cm³/mol. The lowest BCUT2D eigenvalue weighted by molar-refractivity contribution is -0.228. The Kier molecular flexibility index (Phi) is 7.23. The normalized spacial score (nSPS) is 22.3. The highest BCUT2D eigenvalue weighted by Crippen LogP contribution is 2.60. The molecule has 0 amide bonds. The van der Waals surface area contributed by atoms with Crippen LogP contribution in [-0.4, -0.2) is 12.7 Å². The lowest BCUT2D eigenvalue weighted by atomic mass is 9.79. The molecule has 190 valence electrons. The summed E-state index contributed by atoms with van der Waals surface area (Å²) < 4.78 is 101. The maximum atomic E-state index is 15.3. The van der Waals surface area contributed by atoms with Crippen LogP contribution in [0.2, 0.25) is 0 Å². The Bertz CT molecular complexity index is 1090. The van der Waals surface area contributed by atoms with Gasteiger partial charge in [-0.1, -0.05) is 18.2 Å². The van der Waals surface area contributed by atoms with Crippen molar-refractivity contribution in [3.8, 4) is 16.9 Å². The topological polar surface area (TPSA) is 18.5 Å². The van der Waals surface area contributed by atoms with Crippen molar-refractivity contribution < 1.29 is 35.8 Å². The van der Waals surface area contributed by atoms with Crippen molar-refractivity contribution in [2.45, 2.75) is 70.0 Å². The zero-order valence-electron chi connectivity index (χ0n) is 19.5. The number of hydrogen-bond acceptors (Lipinski definition) is 2. The molecular formula is C27H28F6O2. The second kappa shape index (κ2) is 9.88. The fourth-order valence-electron chi connectivity index (χ4n) is 5.08. The van der Waals surface area contributed by atoms with E-state index in [1.807, 2.05) is 6.08 Å². The van der Waals surface area contributed by atoms with E-state index in [4.69, 9.17) is 9.47 Å². The summed E-state index contributed by atoms with van der Waals surface area (Å²) in [6.45, 7) is 4.88. The number of halogens is 6. The van der Waals surface area contributed by atoms with Crippen LogP contribution < -0.4 is 4.74 Å². The minimum absolute atomic E-state index is 0.0390. The van der Waals surface area contributed by atoms with E-state index in [2.05, 4.69) is 6.58 Å². The summed E-state index contributed by atoms with van der Waals surface area (Å²) in [5, 5.41) is 0. The lowest BCUT2D eigenvalue weighted by Crippen LogP contribution is -2.41. The highest BCUT2D eigenvalue weighted by Gasteiger charge is 2.65. The summed E-state index contributed by atoms with van der Waals surface area (Å²) in [7, 11) is 0. The van der Waals surface area contributed by atoms with Gasteiger partial charge >= 0.3 is 11.8 Å². The molecule has 35 heavy (non-hydrogen) atoms. The van der Waals surface area contributed by atoms with E-state index < -0.39 is 51.5 Å². The molecule has 1 saturated carbocycles. The van der Waals surface area contributed by atoms with Crippen LogP contribution in [0.25, 0.3) is 11.1 Å². The third kappa shape index (κ3) is 4.46. The van der Waals surface area contributed by atoms with Crippen LogP contribution in [0.15, 0.2) is 36.9 Å². The van der Waals surface area contributed by atoms with Crippen molar-refractivity contribution >= 4 is 0 Å². The molecule has 2 aliphatic carbocycles. The highest BCUT2D eigenvalue weighted by atomic mass is 19.3. The first-order chi connectivity index (χ1) is 16.6. The smallest absolute Gasteiger partial charge is 0.343 e. The van der Waals surface area contributed by atoms with Gasteiger partial charge in [-0.3, -0.25) is 0 Å². The third-order valence-electron chi connectivity index (χ3n) is 6.99. The number of benzene rings is 2.